The Hall–Kier alpha value is -3.18. The second-order valence-electron chi connectivity index (χ2n) is 10.8. The number of nitrogens with one attached hydrogen (secondary N) is 1. The molecule has 1 amide bonds. The van der Waals surface area contributed by atoms with Crippen molar-refractivity contribution in [3.8, 4) is 11.4 Å². The van der Waals surface area contributed by atoms with Crippen molar-refractivity contribution in [3.05, 3.63) is 57.6 Å². The molecular formula is C28H32ClF4N5O2. The highest BCUT2D eigenvalue weighted by atomic mass is 35.5. The van der Waals surface area contributed by atoms with E-state index < -0.39 is 35.5 Å². The van der Waals surface area contributed by atoms with E-state index in [0.29, 0.717) is 11.6 Å². The van der Waals surface area contributed by atoms with E-state index in [1.165, 1.54) is 12.1 Å². The van der Waals surface area contributed by atoms with Crippen LogP contribution in [0, 0.1) is 5.82 Å². The Morgan fingerprint density at radius 2 is 1.80 bits per heavy atom. The maximum absolute atomic E-state index is 13.9. The number of alkyl halides is 3. The van der Waals surface area contributed by atoms with E-state index in [0.717, 1.165) is 62.8 Å². The third-order valence-electron chi connectivity index (χ3n) is 7.20. The van der Waals surface area contributed by atoms with Crippen molar-refractivity contribution in [3.63, 3.8) is 0 Å². The number of halogens is 5. The molecule has 0 atom stereocenters. The quantitative estimate of drug-likeness (QED) is 0.404. The van der Waals surface area contributed by atoms with Crippen molar-refractivity contribution >= 4 is 34.1 Å². The molecule has 2 heterocycles. The van der Waals surface area contributed by atoms with Crippen LogP contribution in [0.25, 0.3) is 22.3 Å². The molecule has 7 nitrogen and oxygen atoms in total. The number of carbonyl (C=O) groups is 1. The van der Waals surface area contributed by atoms with Crippen LogP contribution in [-0.2, 0) is 11.3 Å². The molecule has 216 valence electrons. The van der Waals surface area contributed by atoms with Gasteiger partial charge in [-0.1, -0.05) is 11.6 Å². The lowest BCUT2D eigenvalue weighted by atomic mass is 10.1. The lowest BCUT2D eigenvalue weighted by Gasteiger charge is -2.29. The van der Waals surface area contributed by atoms with Crippen LogP contribution in [0.1, 0.15) is 34.1 Å². The molecule has 0 unspecified atom stereocenters. The molecule has 2 aromatic carbocycles. The molecule has 1 N–H and O–H groups in total. The maximum Gasteiger partial charge on any atom is 0.410 e. The third-order valence-corrected chi connectivity index (χ3v) is 7.49. The summed E-state index contributed by atoms with van der Waals surface area (Å²) in [5.74, 6) is -1.74. The highest BCUT2D eigenvalue weighted by Gasteiger charge is 2.48. The molecule has 0 aliphatic carbocycles. The minimum atomic E-state index is -4.71. The van der Waals surface area contributed by atoms with Gasteiger partial charge in [-0.15, -0.1) is 0 Å². The largest absolute Gasteiger partial charge is 0.410 e. The van der Waals surface area contributed by atoms with Crippen LogP contribution in [0.4, 0.5) is 23.2 Å². The fourth-order valence-electron chi connectivity index (χ4n) is 4.72. The van der Waals surface area contributed by atoms with Crippen molar-refractivity contribution in [2.45, 2.75) is 58.4 Å². The van der Waals surface area contributed by atoms with Gasteiger partial charge in [0, 0.05) is 43.5 Å². The smallest absolute Gasteiger partial charge is 0.370 e. The van der Waals surface area contributed by atoms with Crippen molar-refractivity contribution in [2.75, 3.05) is 31.1 Å². The Bertz CT molecular complexity index is 1470. The Morgan fingerprint density at radius 3 is 2.45 bits per heavy atom. The molecule has 4 rings (SSSR count). The van der Waals surface area contributed by atoms with Gasteiger partial charge in [-0.2, -0.15) is 13.2 Å². The fraction of sp³-hybridized carbons (Fsp3) is 0.464. The predicted octanol–water partition coefficient (Wildman–Crippen LogP) is 5.23. The molecule has 1 aliphatic rings. The summed E-state index contributed by atoms with van der Waals surface area (Å²) in [4.78, 5) is 35.7. The number of aromatic nitrogens is 2. The fourth-order valence-corrected chi connectivity index (χ4v) is 4.90. The van der Waals surface area contributed by atoms with Gasteiger partial charge in [-0.05, 0) is 70.5 Å². The van der Waals surface area contributed by atoms with Gasteiger partial charge in [0.05, 0.1) is 15.9 Å². The van der Waals surface area contributed by atoms with Gasteiger partial charge >= 0.3 is 6.18 Å². The summed E-state index contributed by atoms with van der Waals surface area (Å²) in [6.45, 7) is 8.60. The lowest BCUT2D eigenvalue weighted by molar-refractivity contribution is -0.188. The molecule has 1 aromatic heterocycles. The highest BCUT2D eigenvalue weighted by Crippen LogP contribution is 2.30. The van der Waals surface area contributed by atoms with Crippen LogP contribution in [0.5, 0.6) is 0 Å². The normalized spacial score (nSPS) is 15.5. The van der Waals surface area contributed by atoms with Crippen LogP contribution >= 0.6 is 11.6 Å². The van der Waals surface area contributed by atoms with Crippen molar-refractivity contribution < 1.29 is 22.4 Å². The molecule has 40 heavy (non-hydrogen) atoms. The van der Waals surface area contributed by atoms with E-state index in [1.54, 1.807) is 12.1 Å². The Kier molecular flexibility index (Phi) is 8.46. The molecule has 0 spiro atoms. The summed E-state index contributed by atoms with van der Waals surface area (Å²) in [5.41, 5.74) is -1.76. The van der Waals surface area contributed by atoms with E-state index >= 15 is 0 Å². The summed E-state index contributed by atoms with van der Waals surface area (Å²) >= 11 is 5.96. The minimum Gasteiger partial charge on any atom is -0.370 e. The molecule has 1 saturated heterocycles. The van der Waals surface area contributed by atoms with E-state index in [2.05, 4.69) is 28.6 Å². The van der Waals surface area contributed by atoms with Gasteiger partial charge in [-0.3, -0.25) is 19.1 Å². The Labute approximate surface area is 234 Å². The minimum absolute atomic E-state index is 0.0190. The topological polar surface area (TPSA) is 70.5 Å². The summed E-state index contributed by atoms with van der Waals surface area (Å²) in [7, 11) is 0. The molecule has 1 fully saturated rings. The molecule has 12 heteroatoms. The molecule has 0 saturated carbocycles. The van der Waals surface area contributed by atoms with Gasteiger partial charge in [0.2, 0.25) is 5.91 Å². The molecule has 0 bridgehead atoms. The zero-order valence-corrected chi connectivity index (χ0v) is 23.5. The van der Waals surface area contributed by atoms with Crippen molar-refractivity contribution in [1.82, 2.24) is 19.8 Å². The number of fused-ring (bicyclic) bond motifs is 1. The Morgan fingerprint density at radius 1 is 1.07 bits per heavy atom. The first-order valence-electron chi connectivity index (χ1n) is 13.0. The molecule has 3 aromatic rings. The van der Waals surface area contributed by atoms with Crippen LogP contribution < -0.4 is 15.8 Å². The van der Waals surface area contributed by atoms with E-state index in [1.807, 2.05) is 11.4 Å². The van der Waals surface area contributed by atoms with Gasteiger partial charge in [-0.25, -0.2) is 9.37 Å². The number of amides is 1. The average Bonchev–Trinajstić information content (AvgIpc) is 3.13. The first-order chi connectivity index (χ1) is 18.7. The lowest BCUT2D eigenvalue weighted by Crippen LogP contribution is -2.55. The second kappa shape index (κ2) is 11.4. The number of nitrogens with zero attached hydrogens (tertiary/aromatic N) is 4. The average molecular weight is 582 g/mol. The molecule has 1 aliphatic heterocycles. The zero-order chi connectivity index (χ0) is 29.4. The number of carbonyl (C=O) groups excluding carboxylic acids is 1. The zero-order valence-electron chi connectivity index (χ0n) is 22.8. The van der Waals surface area contributed by atoms with Gasteiger partial charge in [0.25, 0.3) is 5.56 Å². The molecular weight excluding hydrogens is 550 g/mol. The first kappa shape index (κ1) is 29.8. The predicted molar refractivity (Wildman–Crippen MR) is 148 cm³/mol. The van der Waals surface area contributed by atoms with E-state index in [-0.39, 0.29) is 21.8 Å². The van der Waals surface area contributed by atoms with E-state index in [9.17, 15) is 27.2 Å². The maximum atomic E-state index is 13.9. The summed E-state index contributed by atoms with van der Waals surface area (Å²) in [6, 6.07) is 9.37. The van der Waals surface area contributed by atoms with Crippen molar-refractivity contribution in [1.29, 1.82) is 0 Å². The van der Waals surface area contributed by atoms with Gasteiger partial charge in [0.1, 0.15) is 23.7 Å². The SMILES string of the molecule is CC(C)N1CCCN(c2ccc3nc(-c4ccc(F)c(Cl)c4)n(CC(=O)NC(C)(C)C(F)(F)F)c(=O)c3c2)CC1. The van der Waals surface area contributed by atoms with E-state index in [4.69, 9.17) is 11.6 Å². The standard InChI is InChI=1S/C28H32ClF4N5O2/c1-17(2)36-10-5-11-37(13-12-36)19-7-9-23-20(15-19)26(40)38(16-24(39)35-27(3,4)28(31,32)33)25(34-23)18-6-8-22(30)21(29)14-18/h6-9,14-15,17H,5,10-13,16H2,1-4H3,(H,35,39). The monoisotopic (exact) mass is 581 g/mol. The number of hydrogen-bond donors (Lipinski definition) is 1. The Balaban J connectivity index is 1.78. The highest BCUT2D eigenvalue weighted by molar-refractivity contribution is 6.31. The first-order valence-corrected chi connectivity index (χ1v) is 13.4. The van der Waals surface area contributed by atoms with Crippen LogP contribution in [0.3, 0.4) is 0 Å². The van der Waals surface area contributed by atoms with Crippen LogP contribution in [-0.4, -0.2) is 64.3 Å². The summed E-state index contributed by atoms with van der Waals surface area (Å²) < 4.78 is 55.1. The number of anilines is 1. The van der Waals surface area contributed by atoms with Crippen LogP contribution in [0.15, 0.2) is 41.2 Å². The summed E-state index contributed by atoms with van der Waals surface area (Å²) in [6.07, 6.45) is -3.77. The summed E-state index contributed by atoms with van der Waals surface area (Å²) in [5, 5.41) is 1.93. The van der Waals surface area contributed by atoms with Gasteiger partial charge in [0.15, 0.2) is 0 Å². The second-order valence-corrected chi connectivity index (χ2v) is 11.2. The third kappa shape index (κ3) is 6.25. The molecule has 0 radical (unpaired) electrons. The number of rotatable bonds is 6. The number of benzene rings is 2. The number of hydrogen-bond acceptors (Lipinski definition) is 5. The van der Waals surface area contributed by atoms with Crippen LogP contribution in [0.2, 0.25) is 5.02 Å². The van der Waals surface area contributed by atoms with Crippen molar-refractivity contribution in [2.24, 2.45) is 0 Å². The van der Waals surface area contributed by atoms with Gasteiger partial charge < -0.3 is 10.2 Å².